The maximum Gasteiger partial charge on any atom is 0.242 e. The lowest BCUT2D eigenvalue weighted by Gasteiger charge is -2.29. The van der Waals surface area contributed by atoms with E-state index in [9.17, 15) is 9.59 Å². The van der Waals surface area contributed by atoms with Crippen LogP contribution in [-0.2, 0) is 16.1 Å². The molecule has 1 aliphatic rings. The Labute approximate surface area is 126 Å². The van der Waals surface area contributed by atoms with Crippen molar-refractivity contribution in [3.05, 3.63) is 34.0 Å². The summed E-state index contributed by atoms with van der Waals surface area (Å²) in [6.07, 6.45) is 1.69. The summed E-state index contributed by atoms with van der Waals surface area (Å²) < 4.78 is 0.703. The van der Waals surface area contributed by atoms with Gasteiger partial charge < -0.3 is 10.2 Å². The number of carbonyl (C=O) groups excluding carboxylic acids is 2. The second-order valence-electron chi connectivity index (χ2n) is 4.45. The number of carbonyl (C=O) groups is 2. The van der Waals surface area contributed by atoms with Crippen molar-refractivity contribution in [3.63, 3.8) is 0 Å². The molecule has 0 spiro atoms. The molecule has 0 saturated carbocycles. The van der Waals surface area contributed by atoms with Gasteiger partial charge in [-0.1, -0.05) is 17.7 Å². The molecule has 1 aliphatic heterocycles. The molecule has 5 nitrogen and oxygen atoms in total. The van der Waals surface area contributed by atoms with Gasteiger partial charge in [-0.3, -0.25) is 14.9 Å². The topological polar surface area (TPSA) is 61.4 Å². The number of hydrogen-bond donors (Lipinski definition) is 2. The van der Waals surface area contributed by atoms with Gasteiger partial charge in [-0.05, 0) is 12.1 Å². The van der Waals surface area contributed by atoms with Crippen molar-refractivity contribution in [3.8, 4) is 0 Å². The third-order valence-corrected chi connectivity index (χ3v) is 4.16. The van der Waals surface area contributed by atoms with E-state index in [1.165, 1.54) is 11.3 Å². The third-order valence-electron chi connectivity index (χ3n) is 2.95. The second-order valence-corrected chi connectivity index (χ2v) is 6.25. The molecule has 0 radical (unpaired) electrons. The number of halogens is 1. The lowest BCUT2D eigenvalue weighted by Crippen LogP contribution is -2.58. The van der Waals surface area contributed by atoms with Crippen LogP contribution in [0.5, 0.6) is 0 Å². The molecule has 20 heavy (non-hydrogen) atoms. The summed E-state index contributed by atoms with van der Waals surface area (Å²) in [7, 11) is 0. The molecule has 1 aromatic rings. The van der Waals surface area contributed by atoms with Crippen LogP contribution in [0, 0.1) is 0 Å². The van der Waals surface area contributed by atoms with Crippen LogP contribution in [0.25, 0.3) is 0 Å². The monoisotopic (exact) mass is 313 g/mol. The first-order chi connectivity index (χ1) is 9.60. The summed E-state index contributed by atoms with van der Waals surface area (Å²) in [6, 6.07) is 3.34. The molecule has 1 saturated heterocycles. The average molecular weight is 314 g/mol. The number of nitrogens with one attached hydrogen (secondary N) is 2. The molecule has 7 heteroatoms. The van der Waals surface area contributed by atoms with Crippen LogP contribution in [-0.4, -0.2) is 42.4 Å². The average Bonchev–Trinajstić information content (AvgIpc) is 2.84. The van der Waals surface area contributed by atoms with Crippen molar-refractivity contribution in [1.29, 1.82) is 0 Å². The van der Waals surface area contributed by atoms with Crippen molar-refractivity contribution < 1.29 is 9.59 Å². The standard InChI is InChI=1S/C13H16ClN3O2S/c1-2-5-17(8-9-3-4-11(14)20-9)13(19)10-6-16-12(18)7-15-10/h2-4,10,15H,1,5-8H2,(H,16,18). The van der Waals surface area contributed by atoms with Crippen molar-refractivity contribution >= 4 is 34.8 Å². The quantitative estimate of drug-likeness (QED) is 0.797. The molecule has 1 fully saturated rings. The minimum Gasteiger partial charge on any atom is -0.353 e. The fraction of sp³-hybridized carbons (Fsp3) is 0.385. The van der Waals surface area contributed by atoms with Crippen LogP contribution in [0.2, 0.25) is 4.34 Å². The molecule has 0 bridgehead atoms. The lowest BCUT2D eigenvalue weighted by atomic mass is 10.2. The van der Waals surface area contributed by atoms with Gasteiger partial charge in [-0.25, -0.2) is 0 Å². The van der Waals surface area contributed by atoms with Gasteiger partial charge in [0.25, 0.3) is 0 Å². The van der Waals surface area contributed by atoms with Crippen molar-refractivity contribution in [2.24, 2.45) is 0 Å². The fourth-order valence-corrected chi connectivity index (χ4v) is 3.08. The number of hydrogen-bond acceptors (Lipinski definition) is 4. The van der Waals surface area contributed by atoms with Gasteiger partial charge in [0.2, 0.25) is 11.8 Å². The Bertz CT molecular complexity index is 507. The molecule has 2 N–H and O–H groups in total. The van der Waals surface area contributed by atoms with E-state index in [1.807, 2.05) is 12.1 Å². The summed E-state index contributed by atoms with van der Waals surface area (Å²) in [6.45, 7) is 5.12. The van der Waals surface area contributed by atoms with E-state index in [1.54, 1.807) is 11.0 Å². The Balaban J connectivity index is 2.01. The highest BCUT2D eigenvalue weighted by Crippen LogP contribution is 2.23. The number of rotatable bonds is 5. The van der Waals surface area contributed by atoms with Crippen molar-refractivity contribution in [2.45, 2.75) is 12.6 Å². The highest BCUT2D eigenvalue weighted by atomic mass is 35.5. The molecule has 0 aliphatic carbocycles. The highest BCUT2D eigenvalue weighted by molar-refractivity contribution is 7.16. The van der Waals surface area contributed by atoms with Crippen molar-refractivity contribution in [1.82, 2.24) is 15.5 Å². The Morgan fingerprint density at radius 2 is 2.40 bits per heavy atom. The SMILES string of the molecule is C=CCN(Cc1ccc(Cl)s1)C(=O)C1CNC(=O)CN1. The lowest BCUT2D eigenvalue weighted by molar-refractivity contribution is -0.134. The first-order valence-electron chi connectivity index (χ1n) is 6.24. The Hall–Kier alpha value is -1.37. The van der Waals surface area contributed by atoms with E-state index >= 15 is 0 Å². The van der Waals surface area contributed by atoms with Gasteiger partial charge in [0.05, 0.1) is 17.4 Å². The maximum absolute atomic E-state index is 12.4. The van der Waals surface area contributed by atoms with Gasteiger partial charge >= 0.3 is 0 Å². The first-order valence-corrected chi connectivity index (χ1v) is 7.43. The molecule has 2 rings (SSSR count). The number of amides is 2. The first kappa shape index (κ1) is 15.0. The summed E-state index contributed by atoms with van der Waals surface area (Å²) in [5.41, 5.74) is 0. The summed E-state index contributed by atoms with van der Waals surface area (Å²) in [4.78, 5) is 26.3. The third kappa shape index (κ3) is 3.82. The summed E-state index contributed by atoms with van der Waals surface area (Å²) >= 11 is 7.35. The summed E-state index contributed by atoms with van der Waals surface area (Å²) in [5.74, 6) is -0.135. The van der Waals surface area contributed by atoms with Crippen LogP contribution in [0.1, 0.15) is 4.88 Å². The van der Waals surface area contributed by atoms with E-state index in [0.717, 1.165) is 4.88 Å². The maximum atomic E-state index is 12.4. The minimum atomic E-state index is -0.386. The minimum absolute atomic E-state index is 0.0468. The van der Waals surface area contributed by atoms with Crippen LogP contribution in [0.4, 0.5) is 0 Å². The van der Waals surface area contributed by atoms with Gasteiger partial charge in [0, 0.05) is 18.0 Å². The van der Waals surface area contributed by atoms with E-state index in [-0.39, 0.29) is 24.4 Å². The molecule has 1 atom stereocenters. The van der Waals surface area contributed by atoms with Crippen LogP contribution >= 0.6 is 22.9 Å². The number of thiophene rings is 1. The molecular weight excluding hydrogens is 298 g/mol. The predicted octanol–water partition coefficient (Wildman–Crippen LogP) is 1.00. The highest BCUT2D eigenvalue weighted by Gasteiger charge is 2.27. The Kier molecular flexibility index (Phi) is 5.17. The zero-order valence-corrected chi connectivity index (χ0v) is 12.5. The van der Waals surface area contributed by atoms with E-state index in [4.69, 9.17) is 11.6 Å². The number of piperazine rings is 1. The van der Waals surface area contributed by atoms with Gasteiger partial charge in [-0.2, -0.15) is 0 Å². The van der Waals surface area contributed by atoms with E-state index < -0.39 is 0 Å². The fourth-order valence-electron chi connectivity index (χ4n) is 1.97. The van der Waals surface area contributed by atoms with E-state index in [0.29, 0.717) is 24.0 Å². The smallest absolute Gasteiger partial charge is 0.242 e. The molecule has 2 heterocycles. The summed E-state index contributed by atoms with van der Waals surface area (Å²) in [5, 5.41) is 5.62. The zero-order valence-electron chi connectivity index (χ0n) is 10.9. The van der Waals surface area contributed by atoms with Crippen LogP contribution in [0.15, 0.2) is 24.8 Å². The van der Waals surface area contributed by atoms with Crippen LogP contribution in [0.3, 0.4) is 0 Å². The van der Waals surface area contributed by atoms with Gasteiger partial charge in [0.1, 0.15) is 6.04 Å². The molecule has 0 aromatic carbocycles. The zero-order chi connectivity index (χ0) is 14.5. The molecule has 1 unspecified atom stereocenters. The molecule has 108 valence electrons. The van der Waals surface area contributed by atoms with E-state index in [2.05, 4.69) is 17.2 Å². The molecule has 2 amide bonds. The van der Waals surface area contributed by atoms with Gasteiger partial charge in [0.15, 0.2) is 0 Å². The van der Waals surface area contributed by atoms with Crippen molar-refractivity contribution in [2.75, 3.05) is 19.6 Å². The second kappa shape index (κ2) is 6.88. The molecular formula is C13H16ClN3O2S. The number of nitrogens with zero attached hydrogens (tertiary/aromatic N) is 1. The largest absolute Gasteiger partial charge is 0.353 e. The normalized spacial score (nSPS) is 18.4. The van der Waals surface area contributed by atoms with Gasteiger partial charge in [-0.15, -0.1) is 17.9 Å². The molecule has 1 aromatic heterocycles. The Morgan fingerprint density at radius 3 is 2.95 bits per heavy atom. The Morgan fingerprint density at radius 1 is 1.60 bits per heavy atom. The van der Waals surface area contributed by atoms with Crippen LogP contribution < -0.4 is 10.6 Å². The predicted molar refractivity (Wildman–Crippen MR) is 79.7 cm³/mol.